The molecule has 0 aliphatic heterocycles. The number of methoxy groups -OCH3 is 1. The molecule has 0 saturated heterocycles. The highest BCUT2D eigenvalue weighted by molar-refractivity contribution is 5.40. The molecule has 1 aromatic carbocycles. The molecule has 4 heteroatoms. The Morgan fingerprint density at radius 1 is 1.60 bits per heavy atom. The Hall–Kier alpha value is -1.60. The van der Waals surface area contributed by atoms with Gasteiger partial charge in [0.15, 0.2) is 0 Å². The summed E-state index contributed by atoms with van der Waals surface area (Å²) in [6.07, 6.45) is -1.30. The summed E-state index contributed by atoms with van der Waals surface area (Å²) in [6, 6.07) is 4.71. The number of halogens is 1. The van der Waals surface area contributed by atoms with Crippen LogP contribution in [0.15, 0.2) is 12.1 Å². The Bertz CT molecular complexity index is 398. The molecule has 0 heterocycles. The van der Waals surface area contributed by atoms with Gasteiger partial charge in [-0.05, 0) is 24.6 Å². The normalized spacial score (nSPS) is 11.9. The van der Waals surface area contributed by atoms with Crippen LogP contribution in [0, 0.1) is 24.1 Å². The average Bonchev–Trinajstić information content (AvgIpc) is 2.16. The summed E-state index contributed by atoms with van der Waals surface area (Å²) in [7, 11) is 1.40. The number of aliphatic hydroxyl groups is 1. The van der Waals surface area contributed by atoms with Crippen molar-refractivity contribution in [2.24, 2.45) is 0 Å². The molecule has 1 N–H and O–H groups in total. The number of nitrogens with zero attached hydrogens (tertiary/aromatic N) is 1. The van der Waals surface area contributed by atoms with E-state index in [1.807, 2.05) is 0 Å². The number of nitriles is 1. The van der Waals surface area contributed by atoms with Crippen molar-refractivity contribution < 1.29 is 14.2 Å². The maximum Gasteiger partial charge on any atom is 0.133 e. The minimum atomic E-state index is -1.15. The summed E-state index contributed by atoms with van der Waals surface area (Å²) >= 11 is 0. The van der Waals surface area contributed by atoms with Crippen LogP contribution in [0.2, 0.25) is 0 Å². The summed E-state index contributed by atoms with van der Waals surface area (Å²) in [5.41, 5.74) is 0.752. The minimum absolute atomic E-state index is 0.0460. The molecule has 0 radical (unpaired) electrons. The number of ether oxygens (including phenoxy) is 1. The van der Waals surface area contributed by atoms with Gasteiger partial charge in [0, 0.05) is 0 Å². The molecule has 3 nitrogen and oxygen atoms in total. The lowest BCUT2D eigenvalue weighted by molar-refractivity contribution is 0.173. The Kier molecular flexibility index (Phi) is 3.64. The Balaban J connectivity index is 3.21. The summed E-state index contributed by atoms with van der Waals surface area (Å²) in [5, 5.41) is 18.0. The van der Waals surface area contributed by atoms with Crippen molar-refractivity contribution in [3.8, 4) is 11.8 Å². The lowest BCUT2D eigenvalue weighted by atomic mass is 10.0. The van der Waals surface area contributed by atoms with Gasteiger partial charge in [0.1, 0.15) is 11.6 Å². The maximum atomic E-state index is 13.5. The van der Waals surface area contributed by atoms with Crippen LogP contribution < -0.4 is 4.74 Å². The molecular weight excluding hydrogens is 197 g/mol. The fourth-order valence-corrected chi connectivity index (χ4v) is 1.40. The van der Waals surface area contributed by atoms with Gasteiger partial charge in [0.2, 0.25) is 0 Å². The van der Waals surface area contributed by atoms with E-state index in [4.69, 9.17) is 10.00 Å². The van der Waals surface area contributed by atoms with Crippen LogP contribution in [0.5, 0.6) is 5.75 Å². The third-order valence-corrected chi connectivity index (χ3v) is 2.07. The number of rotatable bonds is 3. The fraction of sp³-hybridized carbons (Fsp3) is 0.364. The van der Waals surface area contributed by atoms with E-state index in [0.29, 0.717) is 5.56 Å². The molecule has 0 aliphatic rings. The van der Waals surface area contributed by atoms with Crippen molar-refractivity contribution in [2.45, 2.75) is 19.4 Å². The molecule has 0 saturated carbocycles. The van der Waals surface area contributed by atoms with Gasteiger partial charge in [0.05, 0.1) is 31.3 Å². The first-order chi connectivity index (χ1) is 7.10. The van der Waals surface area contributed by atoms with Crippen molar-refractivity contribution in [1.82, 2.24) is 0 Å². The van der Waals surface area contributed by atoms with E-state index in [1.165, 1.54) is 13.2 Å². The molecule has 80 valence electrons. The monoisotopic (exact) mass is 209 g/mol. The molecule has 1 unspecified atom stereocenters. The number of aliphatic hydroxyl groups excluding tert-OH is 1. The molecule has 1 atom stereocenters. The standard InChI is InChI=1S/C11H12FNO2/c1-7-5-8(12)11(9(14)3-4-13)10(6-7)15-2/h5-6,9,14H,3H2,1-2H3. The predicted octanol–water partition coefficient (Wildman–Crippen LogP) is 2.09. The fourth-order valence-electron chi connectivity index (χ4n) is 1.40. The van der Waals surface area contributed by atoms with Crippen molar-refractivity contribution in [2.75, 3.05) is 7.11 Å². The zero-order valence-corrected chi connectivity index (χ0v) is 8.62. The SMILES string of the molecule is COc1cc(C)cc(F)c1C(O)CC#N. The van der Waals surface area contributed by atoms with Crippen LogP contribution >= 0.6 is 0 Å². The van der Waals surface area contributed by atoms with Crippen molar-refractivity contribution in [3.63, 3.8) is 0 Å². The van der Waals surface area contributed by atoms with Crippen molar-refractivity contribution in [1.29, 1.82) is 5.26 Å². The van der Waals surface area contributed by atoms with Gasteiger partial charge in [-0.3, -0.25) is 0 Å². The highest BCUT2D eigenvalue weighted by Gasteiger charge is 2.18. The van der Waals surface area contributed by atoms with Crippen LogP contribution in [0.3, 0.4) is 0 Å². The zero-order chi connectivity index (χ0) is 11.4. The minimum Gasteiger partial charge on any atom is -0.496 e. The van der Waals surface area contributed by atoms with Gasteiger partial charge >= 0.3 is 0 Å². The van der Waals surface area contributed by atoms with Crippen molar-refractivity contribution in [3.05, 3.63) is 29.1 Å². The first-order valence-electron chi connectivity index (χ1n) is 4.49. The van der Waals surface area contributed by atoms with Crippen LogP contribution in [0.25, 0.3) is 0 Å². The molecule has 15 heavy (non-hydrogen) atoms. The van der Waals surface area contributed by atoms with E-state index in [2.05, 4.69) is 0 Å². The molecule has 0 fully saturated rings. The molecule has 0 spiro atoms. The number of aryl methyl sites for hydroxylation is 1. The molecule has 0 amide bonds. The molecule has 1 rings (SSSR count). The third kappa shape index (κ3) is 2.45. The molecule has 0 aromatic heterocycles. The zero-order valence-electron chi connectivity index (χ0n) is 8.62. The van der Waals surface area contributed by atoms with Gasteiger partial charge in [-0.2, -0.15) is 5.26 Å². The highest BCUT2D eigenvalue weighted by Crippen LogP contribution is 2.30. The van der Waals surface area contributed by atoms with E-state index in [0.717, 1.165) is 0 Å². The second-order valence-corrected chi connectivity index (χ2v) is 3.24. The highest BCUT2D eigenvalue weighted by atomic mass is 19.1. The van der Waals surface area contributed by atoms with E-state index in [-0.39, 0.29) is 17.7 Å². The van der Waals surface area contributed by atoms with Gasteiger partial charge in [-0.25, -0.2) is 4.39 Å². The smallest absolute Gasteiger partial charge is 0.133 e. The van der Waals surface area contributed by atoms with Crippen LogP contribution in [-0.2, 0) is 0 Å². The van der Waals surface area contributed by atoms with Gasteiger partial charge in [-0.1, -0.05) is 0 Å². The Labute approximate surface area is 87.7 Å². The van der Waals surface area contributed by atoms with E-state index < -0.39 is 11.9 Å². The molecule has 0 bridgehead atoms. The number of hydrogen-bond donors (Lipinski definition) is 1. The quantitative estimate of drug-likeness (QED) is 0.829. The molecular formula is C11H12FNO2. The summed E-state index contributed by atoms with van der Waals surface area (Å²) in [5.74, 6) is -0.273. The van der Waals surface area contributed by atoms with Crippen molar-refractivity contribution >= 4 is 0 Å². The second-order valence-electron chi connectivity index (χ2n) is 3.24. The van der Waals surface area contributed by atoms with Gasteiger partial charge in [-0.15, -0.1) is 0 Å². The largest absolute Gasteiger partial charge is 0.496 e. The molecule has 1 aromatic rings. The second kappa shape index (κ2) is 4.76. The van der Waals surface area contributed by atoms with Gasteiger partial charge < -0.3 is 9.84 Å². The van der Waals surface area contributed by atoms with E-state index in [1.54, 1.807) is 19.1 Å². The first-order valence-corrected chi connectivity index (χ1v) is 4.49. The first kappa shape index (κ1) is 11.5. The van der Waals surface area contributed by atoms with Crippen LogP contribution in [0.4, 0.5) is 4.39 Å². The van der Waals surface area contributed by atoms with E-state index in [9.17, 15) is 9.50 Å². The number of hydrogen-bond acceptors (Lipinski definition) is 3. The number of benzene rings is 1. The summed E-state index contributed by atoms with van der Waals surface area (Å²) in [4.78, 5) is 0. The van der Waals surface area contributed by atoms with Gasteiger partial charge in [0.25, 0.3) is 0 Å². The Morgan fingerprint density at radius 3 is 2.80 bits per heavy atom. The topological polar surface area (TPSA) is 53.2 Å². The van der Waals surface area contributed by atoms with E-state index >= 15 is 0 Å². The average molecular weight is 209 g/mol. The summed E-state index contributed by atoms with van der Waals surface area (Å²) in [6.45, 7) is 1.73. The third-order valence-electron chi connectivity index (χ3n) is 2.07. The van der Waals surface area contributed by atoms with Crippen LogP contribution in [-0.4, -0.2) is 12.2 Å². The molecule has 0 aliphatic carbocycles. The van der Waals surface area contributed by atoms with Crippen LogP contribution in [0.1, 0.15) is 23.7 Å². The predicted molar refractivity (Wildman–Crippen MR) is 52.9 cm³/mol. The maximum absolute atomic E-state index is 13.5. The lowest BCUT2D eigenvalue weighted by Crippen LogP contribution is -2.03. The lowest BCUT2D eigenvalue weighted by Gasteiger charge is -2.14. The Morgan fingerprint density at radius 2 is 2.27 bits per heavy atom. The summed E-state index contributed by atoms with van der Waals surface area (Å²) < 4.78 is 18.5.